The van der Waals surface area contributed by atoms with Gasteiger partial charge in [-0.25, -0.2) is 9.69 Å². The fourth-order valence-corrected chi connectivity index (χ4v) is 1.77. The molecule has 4 amide bonds. The zero-order valence-corrected chi connectivity index (χ0v) is 11.3. The quantitative estimate of drug-likeness (QED) is 0.588. The van der Waals surface area contributed by atoms with Crippen molar-refractivity contribution in [2.24, 2.45) is 0 Å². The summed E-state index contributed by atoms with van der Waals surface area (Å²) in [4.78, 5) is 46.0. The maximum Gasteiger partial charge on any atom is 0.326 e. The lowest BCUT2D eigenvalue weighted by molar-refractivity contribution is -0.142. The average Bonchev–Trinajstić information content (AvgIpc) is 2.73. The van der Waals surface area contributed by atoms with E-state index in [0.29, 0.717) is 10.6 Å². The number of amides is 4. The number of carbonyl (C=O) groups is 4. The molecule has 1 atom stereocenters. The lowest BCUT2D eigenvalue weighted by Gasteiger charge is -2.12. The number of imide groups is 1. The van der Waals surface area contributed by atoms with Crippen molar-refractivity contribution in [3.05, 3.63) is 30.3 Å². The van der Waals surface area contributed by atoms with Crippen LogP contribution < -0.4 is 15.4 Å². The molecule has 3 N–H and O–H groups in total. The van der Waals surface area contributed by atoms with Gasteiger partial charge in [-0.3, -0.25) is 14.4 Å². The molecular formula is C13H13N3O6. The number of ether oxygens (including phenoxy) is 1. The van der Waals surface area contributed by atoms with Gasteiger partial charge in [0.2, 0.25) is 0 Å². The summed E-state index contributed by atoms with van der Waals surface area (Å²) in [7, 11) is 0. The van der Waals surface area contributed by atoms with Crippen LogP contribution in [-0.4, -0.2) is 53.1 Å². The molecule has 0 aliphatic carbocycles. The molecule has 0 spiro atoms. The fourth-order valence-electron chi connectivity index (χ4n) is 1.77. The molecule has 1 unspecified atom stereocenters. The number of aliphatic carboxylic acids is 1. The lowest BCUT2D eigenvalue weighted by atomic mass is 10.3. The van der Waals surface area contributed by atoms with Crippen LogP contribution in [0.1, 0.15) is 0 Å². The molecule has 0 radical (unpaired) electrons. The van der Waals surface area contributed by atoms with Gasteiger partial charge >= 0.3 is 12.0 Å². The molecule has 0 saturated carbocycles. The highest BCUT2D eigenvalue weighted by molar-refractivity contribution is 6.07. The van der Waals surface area contributed by atoms with Crippen LogP contribution in [0.3, 0.4) is 0 Å². The molecule has 22 heavy (non-hydrogen) atoms. The van der Waals surface area contributed by atoms with Crippen LogP contribution in [-0.2, 0) is 14.4 Å². The first-order valence-corrected chi connectivity index (χ1v) is 6.28. The second-order valence-corrected chi connectivity index (χ2v) is 4.37. The normalized spacial score (nSPS) is 17.1. The Hall–Kier alpha value is -3.10. The Kier molecular flexibility index (Phi) is 4.57. The summed E-state index contributed by atoms with van der Waals surface area (Å²) < 4.78 is 5.19. The predicted molar refractivity (Wildman–Crippen MR) is 71.7 cm³/mol. The molecule has 1 aliphatic heterocycles. The van der Waals surface area contributed by atoms with Gasteiger partial charge in [0.15, 0.2) is 12.8 Å². The largest absolute Gasteiger partial charge is 0.484 e. The number of hydrogen-bond donors (Lipinski definition) is 3. The molecular weight excluding hydrogens is 294 g/mol. The Morgan fingerprint density at radius 3 is 2.59 bits per heavy atom. The number of carboxylic acid groups (broad SMARTS) is 1. The summed E-state index contributed by atoms with van der Waals surface area (Å²) in [5.41, 5.74) is 0. The van der Waals surface area contributed by atoms with Gasteiger partial charge < -0.3 is 20.5 Å². The van der Waals surface area contributed by atoms with Crippen molar-refractivity contribution in [2.45, 2.75) is 6.17 Å². The summed E-state index contributed by atoms with van der Waals surface area (Å²) in [6.45, 7) is -1.11. The van der Waals surface area contributed by atoms with E-state index in [1.54, 1.807) is 30.3 Å². The van der Waals surface area contributed by atoms with Crippen molar-refractivity contribution in [1.29, 1.82) is 0 Å². The SMILES string of the molecule is O=C(O)CN1C(=O)NC(NC(=O)COc2ccccc2)C1=O. The molecule has 1 saturated heterocycles. The molecule has 0 aromatic heterocycles. The summed E-state index contributed by atoms with van der Waals surface area (Å²) >= 11 is 0. The second kappa shape index (κ2) is 6.57. The first kappa shape index (κ1) is 15.3. The zero-order valence-electron chi connectivity index (χ0n) is 11.3. The van der Waals surface area contributed by atoms with Gasteiger partial charge in [-0.2, -0.15) is 0 Å². The summed E-state index contributed by atoms with van der Waals surface area (Å²) in [5.74, 6) is -2.31. The number of nitrogens with one attached hydrogen (secondary N) is 2. The van der Waals surface area contributed by atoms with Crippen LogP contribution in [0.15, 0.2) is 30.3 Å². The Morgan fingerprint density at radius 2 is 1.95 bits per heavy atom. The van der Waals surface area contributed by atoms with Crippen molar-refractivity contribution in [2.75, 3.05) is 13.2 Å². The zero-order chi connectivity index (χ0) is 16.1. The Labute approximate surface area is 124 Å². The Balaban J connectivity index is 1.85. The molecule has 2 rings (SSSR count). The third kappa shape index (κ3) is 3.72. The van der Waals surface area contributed by atoms with Crippen LogP contribution >= 0.6 is 0 Å². The highest BCUT2D eigenvalue weighted by atomic mass is 16.5. The second-order valence-electron chi connectivity index (χ2n) is 4.37. The van der Waals surface area contributed by atoms with Crippen molar-refractivity contribution in [1.82, 2.24) is 15.5 Å². The highest BCUT2D eigenvalue weighted by Gasteiger charge is 2.39. The van der Waals surface area contributed by atoms with Gasteiger partial charge in [0.05, 0.1) is 0 Å². The van der Waals surface area contributed by atoms with Crippen molar-refractivity contribution >= 4 is 23.8 Å². The van der Waals surface area contributed by atoms with Crippen molar-refractivity contribution < 1.29 is 29.0 Å². The van der Waals surface area contributed by atoms with Gasteiger partial charge in [-0.1, -0.05) is 18.2 Å². The van der Waals surface area contributed by atoms with E-state index >= 15 is 0 Å². The maximum absolute atomic E-state index is 11.8. The first-order chi connectivity index (χ1) is 10.5. The molecule has 1 aliphatic rings. The minimum atomic E-state index is -1.33. The average molecular weight is 307 g/mol. The van der Waals surface area contributed by atoms with E-state index < -0.39 is 36.5 Å². The predicted octanol–water partition coefficient (Wildman–Crippen LogP) is -0.856. The van der Waals surface area contributed by atoms with Crippen LogP contribution in [0.5, 0.6) is 5.75 Å². The minimum absolute atomic E-state index is 0.345. The summed E-state index contributed by atoms with van der Waals surface area (Å²) in [6, 6.07) is 7.70. The topological polar surface area (TPSA) is 125 Å². The first-order valence-electron chi connectivity index (χ1n) is 6.28. The number of rotatable bonds is 6. The van der Waals surface area contributed by atoms with Crippen LogP contribution in [0, 0.1) is 0 Å². The van der Waals surface area contributed by atoms with Crippen LogP contribution in [0.25, 0.3) is 0 Å². The summed E-state index contributed by atoms with van der Waals surface area (Å²) in [6.07, 6.45) is -1.29. The minimum Gasteiger partial charge on any atom is -0.484 e. The van der Waals surface area contributed by atoms with Gasteiger partial charge in [0, 0.05) is 0 Å². The van der Waals surface area contributed by atoms with E-state index in [9.17, 15) is 19.2 Å². The lowest BCUT2D eigenvalue weighted by Crippen LogP contribution is -2.48. The number of urea groups is 1. The van der Waals surface area contributed by atoms with E-state index in [1.807, 2.05) is 0 Å². The monoisotopic (exact) mass is 307 g/mol. The van der Waals surface area contributed by atoms with Crippen molar-refractivity contribution in [3.63, 3.8) is 0 Å². The Bertz CT molecular complexity index is 603. The third-order valence-electron chi connectivity index (χ3n) is 2.74. The number of nitrogens with zero attached hydrogens (tertiary/aromatic N) is 1. The van der Waals surface area contributed by atoms with E-state index in [0.717, 1.165) is 0 Å². The Morgan fingerprint density at radius 1 is 1.27 bits per heavy atom. The van der Waals surface area contributed by atoms with Gasteiger partial charge in [-0.15, -0.1) is 0 Å². The molecule has 9 nitrogen and oxygen atoms in total. The highest BCUT2D eigenvalue weighted by Crippen LogP contribution is 2.08. The molecule has 1 aromatic carbocycles. The van der Waals surface area contributed by atoms with Gasteiger partial charge in [0.25, 0.3) is 11.8 Å². The number of para-hydroxylation sites is 1. The molecule has 9 heteroatoms. The van der Waals surface area contributed by atoms with E-state index in [4.69, 9.17) is 9.84 Å². The van der Waals surface area contributed by atoms with Crippen molar-refractivity contribution in [3.8, 4) is 5.75 Å². The molecule has 0 bridgehead atoms. The van der Waals surface area contributed by atoms with Gasteiger partial charge in [-0.05, 0) is 12.1 Å². The third-order valence-corrected chi connectivity index (χ3v) is 2.74. The molecule has 1 heterocycles. The van der Waals surface area contributed by atoms with E-state index in [2.05, 4.69) is 10.6 Å². The van der Waals surface area contributed by atoms with Gasteiger partial charge in [0.1, 0.15) is 12.3 Å². The number of carbonyl (C=O) groups excluding carboxylic acids is 3. The van der Waals surface area contributed by atoms with Crippen LogP contribution in [0.4, 0.5) is 4.79 Å². The number of hydrogen-bond acceptors (Lipinski definition) is 5. The van der Waals surface area contributed by atoms with Crippen LogP contribution in [0.2, 0.25) is 0 Å². The standard InChI is InChI=1S/C13H13N3O6/c17-9(7-22-8-4-2-1-3-5-8)14-11-12(20)16(6-10(18)19)13(21)15-11/h1-5,11H,6-7H2,(H,14,17)(H,15,21)(H,18,19). The molecule has 1 aromatic rings. The number of benzene rings is 1. The molecule has 1 fully saturated rings. The van der Waals surface area contributed by atoms with E-state index in [1.165, 1.54) is 0 Å². The number of carboxylic acids is 1. The maximum atomic E-state index is 11.8. The van der Waals surface area contributed by atoms with E-state index in [-0.39, 0.29) is 6.61 Å². The fraction of sp³-hybridized carbons (Fsp3) is 0.231. The molecule has 116 valence electrons. The smallest absolute Gasteiger partial charge is 0.326 e. The summed E-state index contributed by atoms with van der Waals surface area (Å²) in [5, 5.41) is 13.0.